The summed E-state index contributed by atoms with van der Waals surface area (Å²) in [6.07, 6.45) is 1.68. The van der Waals surface area contributed by atoms with Crippen molar-refractivity contribution in [1.82, 2.24) is 4.98 Å². The monoisotopic (exact) mass is 483 g/mol. The molecule has 3 heterocycles. The van der Waals surface area contributed by atoms with E-state index in [4.69, 9.17) is 16.3 Å². The summed E-state index contributed by atoms with van der Waals surface area (Å²) in [4.78, 5) is 6.60. The Morgan fingerprint density at radius 3 is 2.56 bits per heavy atom. The van der Waals surface area contributed by atoms with Gasteiger partial charge in [-0.15, -0.1) is 0 Å². The molecule has 1 saturated heterocycles. The molecule has 0 saturated carbocycles. The van der Waals surface area contributed by atoms with Gasteiger partial charge in [0.25, 0.3) is 0 Å². The Balaban J connectivity index is 1.85. The summed E-state index contributed by atoms with van der Waals surface area (Å²) in [6.45, 7) is 19.0. The third kappa shape index (κ3) is 4.27. The fraction of sp³-hybridized carbons (Fsp3) is 0.370. The Labute approximate surface area is 205 Å². The van der Waals surface area contributed by atoms with E-state index >= 15 is 4.39 Å². The number of hydrogen-bond donors (Lipinski definition) is 2. The van der Waals surface area contributed by atoms with Crippen molar-refractivity contribution in [2.75, 3.05) is 10.2 Å². The number of aromatic hydroxyl groups is 1. The Kier molecular flexibility index (Phi) is 5.93. The maximum Gasteiger partial charge on any atom is 0.184 e. The fourth-order valence-corrected chi connectivity index (χ4v) is 4.83. The van der Waals surface area contributed by atoms with Crippen molar-refractivity contribution in [1.29, 1.82) is 0 Å². The number of allylic oxidation sites excluding steroid dienone is 2. The van der Waals surface area contributed by atoms with Gasteiger partial charge in [0.15, 0.2) is 11.0 Å². The summed E-state index contributed by atoms with van der Waals surface area (Å²) in [6, 6.07) is 6.73. The third-order valence-corrected chi connectivity index (χ3v) is 6.40. The molecule has 2 aliphatic heterocycles. The molecule has 0 radical (unpaired) electrons. The van der Waals surface area contributed by atoms with E-state index in [1.807, 2.05) is 20.8 Å². The second-order valence-corrected chi connectivity index (χ2v) is 10.8. The fourth-order valence-electron chi connectivity index (χ4n) is 4.65. The van der Waals surface area contributed by atoms with E-state index in [-0.39, 0.29) is 22.1 Å². The summed E-state index contributed by atoms with van der Waals surface area (Å²) >= 11 is 6.30. The molecule has 0 amide bonds. The number of rotatable bonds is 5. The summed E-state index contributed by atoms with van der Waals surface area (Å²) < 4.78 is 21.6. The van der Waals surface area contributed by atoms with Gasteiger partial charge in [-0.1, -0.05) is 36.9 Å². The van der Waals surface area contributed by atoms with Crippen LogP contribution in [0.2, 0.25) is 5.15 Å². The zero-order chi connectivity index (χ0) is 25.0. The summed E-state index contributed by atoms with van der Waals surface area (Å²) in [5.74, 6) is 0.612. The molecule has 4 rings (SSSR count). The van der Waals surface area contributed by atoms with Crippen LogP contribution < -0.4 is 10.2 Å². The Hall–Kier alpha value is -2.99. The number of phenolic OH excluding ortho intramolecular Hbond substituents is 1. The summed E-state index contributed by atoms with van der Waals surface area (Å²) in [7, 11) is 0. The van der Waals surface area contributed by atoms with Gasteiger partial charge < -0.3 is 20.1 Å². The van der Waals surface area contributed by atoms with E-state index in [0.717, 1.165) is 29.7 Å². The predicted octanol–water partition coefficient (Wildman–Crippen LogP) is 7.18. The number of nitrogens with one attached hydrogen (secondary N) is 1. The van der Waals surface area contributed by atoms with Crippen molar-refractivity contribution in [3.05, 3.63) is 76.5 Å². The van der Waals surface area contributed by atoms with Crippen molar-refractivity contribution >= 4 is 28.7 Å². The van der Waals surface area contributed by atoms with Crippen LogP contribution in [0.4, 0.5) is 15.9 Å². The number of halogens is 2. The molecule has 34 heavy (non-hydrogen) atoms. The first-order chi connectivity index (χ1) is 15.8. The first-order valence-electron chi connectivity index (χ1n) is 11.3. The number of benzene rings is 1. The number of ether oxygens (including phenoxy) is 1. The normalized spacial score (nSPS) is 16.9. The molecule has 0 bridgehead atoms. The molecule has 2 aliphatic rings. The topological polar surface area (TPSA) is 57.6 Å². The molecule has 7 heteroatoms. The van der Waals surface area contributed by atoms with Gasteiger partial charge in [0, 0.05) is 23.4 Å². The quantitative estimate of drug-likeness (QED) is 0.348. The van der Waals surface area contributed by atoms with Crippen LogP contribution in [0, 0.1) is 5.82 Å². The average Bonchev–Trinajstić information content (AvgIpc) is 3.03. The molecule has 180 valence electrons. The minimum atomic E-state index is -0.637. The van der Waals surface area contributed by atoms with Crippen LogP contribution in [0.15, 0.2) is 54.5 Å². The first kappa shape index (κ1) is 24.1. The second kappa shape index (κ2) is 8.35. The molecule has 0 atom stereocenters. The molecule has 0 aliphatic carbocycles. The van der Waals surface area contributed by atoms with Crippen LogP contribution in [-0.2, 0) is 11.3 Å². The molecular weight excluding hydrogens is 453 g/mol. The van der Waals surface area contributed by atoms with Crippen LogP contribution in [0.5, 0.6) is 5.75 Å². The number of nitrogens with zero attached hydrogens (tertiary/aromatic N) is 2. The molecule has 2 aromatic rings. The number of aromatic nitrogens is 1. The van der Waals surface area contributed by atoms with Gasteiger partial charge >= 0.3 is 0 Å². The van der Waals surface area contributed by atoms with E-state index < -0.39 is 11.4 Å². The highest BCUT2D eigenvalue weighted by molar-refractivity contribution is 6.30. The molecule has 1 aromatic heterocycles. The highest BCUT2D eigenvalue weighted by Crippen LogP contribution is 2.53. The van der Waals surface area contributed by atoms with Gasteiger partial charge in [-0.25, -0.2) is 9.37 Å². The van der Waals surface area contributed by atoms with Crippen molar-refractivity contribution in [3.63, 3.8) is 0 Å². The Morgan fingerprint density at radius 1 is 1.29 bits per heavy atom. The lowest BCUT2D eigenvalue weighted by molar-refractivity contribution is 0.0590. The third-order valence-electron chi connectivity index (χ3n) is 6.14. The molecule has 1 fully saturated rings. The smallest absolute Gasteiger partial charge is 0.184 e. The number of anilines is 2. The van der Waals surface area contributed by atoms with Crippen molar-refractivity contribution in [2.45, 2.75) is 65.1 Å². The van der Waals surface area contributed by atoms with Gasteiger partial charge in [-0.2, -0.15) is 0 Å². The van der Waals surface area contributed by atoms with Gasteiger partial charge in [-0.05, 0) is 70.7 Å². The van der Waals surface area contributed by atoms with E-state index in [2.05, 4.69) is 42.2 Å². The molecular formula is C27H31ClFN3O2. The van der Waals surface area contributed by atoms with Gasteiger partial charge in [0.2, 0.25) is 0 Å². The lowest BCUT2D eigenvalue weighted by Gasteiger charge is -2.40. The molecule has 2 N–H and O–H groups in total. The maximum atomic E-state index is 15.4. The standard InChI is InChI=1S/C27H31ClFN3O2/c1-15-20(16(2)34-26(3,4)5)19-12-13-27(6,7)32(19)25-21(15)23(22(29)24(28)31-25)30-14-17-8-10-18(33)11-9-17/h8-11,33H,1-2,12-14H2,3-7H3,(H,30,31). The molecule has 0 unspecified atom stereocenters. The maximum absolute atomic E-state index is 15.4. The lowest BCUT2D eigenvalue weighted by atomic mass is 9.90. The van der Waals surface area contributed by atoms with Crippen LogP contribution in [-0.4, -0.2) is 21.2 Å². The van der Waals surface area contributed by atoms with Gasteiger partial charge in [-0.3, -0.25) is 0 Å². The molecule has 5 nitrogen and oxygen atoms in total. The Bertz CT molecular complexity index is 1210. The lowest BCUT2D eigenvalue weighted by Crippen LogP contribution is -2.41. The van der Waals surface area contributed by atoms with Crippen LogP contribution in [0.1, 0.15) is 58.6 Å². The van der Waals surface area contributed by atoms with Gasteiger partial charge in [0.05, 0.1) is 11.3 Å². The van der Waals surface area contributed by atoms with Gasteiger partial charge in [0.1, 0.15) is 22.9 Å². The van der Waals surface area contributed by atoms with E-state index in [0.29, 0.717) is 29.3 Å². The number of phenols is 1. The highest BCUT2D eigenvalue weighted by Gasteiger charge is 2.45. The van der Waals surface area contributed by atoms with Crippen LogP contribution in [0.3, 0.4) is 0 Å². The minimum Gasteiger partial charge on any atom is -0.508 e. The Morgan fingerprint density at radius 2 is 1.94 bits per heavy atom. The van der Waals surface area contributed by atoms with Crippen molar-refractivity contribution in [3.8, 4) is 5.75 Å². The molecule has 0 spiro atoms. The average molecular weight is 484 g/mol. The summed E-state index contributed by atoms with van der Waals surface area (Å²) in [5, 5.41) is 12.6. The van der Waals surface area contributed by atoms with Crippen molar-refractivity contribution in [2.24, 2.45) is 0 Å². The first-order valence-corrected chi connectivity index (χ1v) is 11.7. The SMILES string of the molecule is C=C(OC(C)(C)C)C1=C2CCC(C)(C)N2c2nc(Cl)c(F)c(NCc3ccc(O)cc3)c2C1=C. The number of fused-ring (bicyclic) bond motifs is 3. The highest BCUT2D eigenvalue weighted by atomic mass is 35.5. The predicted molar refractivity (Wildman–Crippen MR) is 136 cm³/mol. The largest absolute Gasteiger partial charge is 0.508 e. The summed E-state index contributed by atoms with van der Waals surface area (Å²) in [5.41, 5.74) is 3.33. The molecule has 1 aromatic carbocycles. The van der Waals surface area contributed by atoms with Crippen LogP contribution in [0.25, 0.3) is 5.57 Å². The van der Waals surface area contributed by atoms with Crippen LogP contribution >= 0.6 is 11.6 Å². The minimum absolute atomic E-state index is 0.170. The van der Waals surface area contributed by atoms with Crippen molar-refractivity contribution < 1.29 is 14.2 Å². The second-order valence-electron chi connectivity index (χ2n) is 10.4. The van der Waals surface area contributed by atoms with E-state index in [1.54, 1.807) is 24.3 Å². The van der Waals surface area contributed by atoms with E-state index in [1.165, 1.54) is 0 Å². The van der Waals surface area contributed by atoms with E-state index in [9.17, 15) is 5.11 Å². The number of pyridine rings is 1. The zero-order valence-electron chi connectivity index (χ0n) is 20.4. The number of hydrogen-bond acceptors (Lipinski definition) is 5. The zero-order valence-corrected chi connectivity index (χ0v) is 21.1.